The average molecular weight is 255 g/mol. The van der Waals surface area contributed by atoms with Gasteiger partial charge < -0.3 is 10.2 Å². The van der Waals surface area contributed by atoms with Crippen LogP contribution in [0.25, 0.3) is 0 Å². The molecule has 19 heavy (non-hydrogen) atoms. The molecule has 1 saturated heterocycles. The Labute approximate surface area is 112 Å². The minimum atomic E-state index is 0.511. The first kappa shape index (κ1) is 12.0. The number of nitrogens with one attached hydrogen (secondary N) is 1. The van der Waals surface area contributed by atoms with E-state index in [2.05, 4.69) is 32.2 Å². The number of pyridine rings is 1. The van der Waals surface area contributed by atoms with Crippen molar-refractivity contribution in [2.45, 2.75) is 12.3 Å². The van der Waals surface area contributed by atoms with Crippen LogP contribution in [0.5, 0.6) is 0 Å². The van der Waals surface area contributed by atoms with E-state index in [0.717, 1.165) is 31.0 Å². The number of likely N-dealkylation sites (N-methyl/N-ethyl adjacent to an activating group) is 1. The third-order valence-corrected chi connectivity index (χ3v) is 3.39. The van der Waals surface area contributed by atoms with Crippen LogP contribution in [0, 0.1) is 0 Å². The van der Waals surface area contributed by atoms with E-state index in [-0.39, 0.29) is 0 Å². The Morgan fingerprint density at radius 1 is 1.21 bits per heavy atom. The van der Waals surface area contributed by atoms with Gasteiger partial charge in [0.05, 0.1) is 5.69 Å². The number of anilines is 2. The first-order chi connectivity index (χ1) is 9.31. The van der Waals surface area contributed by atoms with Crippen LogP contribution >= 0.6 is 0 Å². The number of aromatic nitrogens is 3. The molecule has 5 heteroatoms. The van der Waals surface area contributed by atoms with Gasteiger partial charge in [0, 0.05) is 24.9 Å². The number of hydrogen-bond donors (Lipinski definition) is 1. The third kappa shape index (κ3) is 2.88. The molecule has 0 saturated carbocycles. The van der Waals surface area contributed by atoms with Gasteiger partial charge in [-0.15, -0.1) is 0 Å². The number of nitrogens with zero attached hydrogens (tertiary/aromatic N) is 4. The van der Waals surface area contributed by atoms with Crippen molar-refractivity contribution in [3.05, 3.63) is 42.4 Å². The van der Waals surface area contributed by atoms with Gasteiger partial charge in [0.1, 0.15) is 5.82 Å². The van der Waals surface area contributed by atoms with Gasteiger partial charge in [-0.05, 0) is 38.2 Å². The van der Waals surface area contributed by atoms with Crippen LogP contribution in [0.4, 0.5) is 11.8 Å². The Morgan fingerprint density at radius 3 is 2.89 bits per heavy atom. The van der Waals surface area contributed by atoms with Gasteiger partial charge in [0.2, 0.25) is 5.95 Å². The highest BCUT2D eigenvalue weighted by Crippen LogP contribution is 2.25. The minimum absolute atomic E-state index is 0.511. The molecule has 0 bridgehead atoms. The van der Waals surface area contributed by atoms with E-state index in [9.17, 15) is 0 Å². The van der Waals surface area contributed by atoms with E-state index in [1.54, 1.807) is 6.20 Å². The summed E-state index contributed by atoms with van der Waals surface area (Å²) in [4.78, 5) is 15.4. The lowest BCUT2D eigenvalue weighted by molar-refractivity contribution is 0.410. The molecular weight excluding hydrogens is 238 g/mol. The van der Waals surface area contributed by atoms with Gasteiger partial charge in [0.25, 0.3) is 0 Å². The lowest BCUT2D eigenvalue weighted by atomic mass is 10.1. The standard InChI is InChI=1S/C14H17N5/c1-19-9-6-11(10-19)12-5-8-16-14(17-12)18-13-4-2-3-7-15-13/h2-5,7-8,11H,6,9-10H2,1H3,(H,15,16,17,18)/t11-/m1/s1. The molecule has 0 radical (unpaired) electrons. The SMILES string of the molecule is CN1CC[C@@H](c2ccnc(Nc3ccccn3)n2)C1. The smallest absolute Gasteiger partial charge is 0.228 e. The van der Waals surface area contributed by atoms with Crippen LogP contribution in [-0.2, 0) is 0 Å². The minimum Gasteiger partial charge on any atom is -0.309 e. The fraction of sp³-hybridized carbons (Fsp3) is 0.357. The molecule has 1 aliphatic heterocycles. The zero-order valence-corrected chi connectivity index (χ0v) is 11.0. The van der Waals surface area contributed by atoms with Crippen molar-refractivity contribution in [1.82, 2.24) is 19.9 Å². The van der Waals surface area contributed by atoms with Crippen molar-refractivity contribution in [3.8, 4) is 0 Å². The zero-order valence-electron chi connectivity index (χ0n) is 11.0. The van der Waals surface area contributed by atoms with Gasteiger partial charge in [-0.25, -0.2) is 15.0 Å². The largest absolute Gasteiger partial charge is 0.309 e. The topological polar surface area (TPSA) is 53.9 Å². The highest BCUT2D eigenvalue weighted by atomic mass is 15.1. The second-order valence-corrected chi connectivity index (χ2v) is 4.89. The van der Waals surface area contributed by atoms with Crippen molar-refractivity contribution >= 4 is 11.8 Å². The molecule has 0 amide bonds. The number of likely N-dealkylation sites (tertiary alicyclic amines) is 1. The van der Waals surface area contributed by atoms with Crippen LogP contribution in [-0.4, -0.2) is 40.0 Å². The Bertz CT molecular complexity index is 543. The molecule has 5 nitrogen and oxygen atoms in total. The number of rotatable bonds is 3. The molecule has 98 valence electrons. The van der Waals surface area contributed by atoms with Gasteiger partial charge in [-0.3, -0.25) is 0 Å². The Morgan fingerprint density at radius 2 is 2.16 bits per heavy atom. The quantitative estimate of drug-likeness (QED) is 0.909. The maximum absolute atomic E-state index is 4.60. The second-order valence-electron chi connectivity index (χ2n) is 4.89. The summed E-state index contributed by atoms with van der Waals surface area (Å²) in [5, 5.41) is 3.13. The summed E-state index contributed by atoms with van der Waals surface area (Å²) >= 11 is 0. The molecule has 1 fully saturated rings. The van der Waals surface area contributed by atoms with Crippen molar-refractivity contribution in [2.24, 2.45) is 0 Å². The van der Waals surface area contributed by atoms with Gasteiger partial charge in [0.15, 0.2) is 0 Å². The summed E-state index contributed by atoms with van der Waals surface area (Å²) in [5.41, 5.74) is 1.11. The summed E-state index contributed by atoms with van der Waals surface area (Å²) in [7, 11) is 2.15. The Hall–Kier alpha value is -2.01. The molecule has 0 unspecified atom stereocenters. The predicted octanol–water partition coefficient (Wildman–Crippen LogP) is 2.03. The lowest BCUT2D eigenvalue weighted by Gasteiger charge is -2.11. The molecule has 2 aromatic rings. The summed E-state index contributed by atoms with van der Waals surface area (Å²) in [6.45, 7) is 2.21. The van der Waals surface area contributed by atoms with E-state index in [4.69, 9.17) is 0 Å². The predicted molar refractivity (Wildman–Crippen MR) is 74.4 cm³/mol. The molecule has 1 atom stereocenters. The maximum Gasteiger partial charge on any atom is 0.228 e. The van der Waals surface area contributed by atoms with Crippen LogP contribution < -0.4 is 5.32 Å². The first-order valence-electron chi connectivity index (χ1n) is 6.51. The summed E-state index contributed by atoms with van der Waals surface area (Å²) in [5.74, 6) is 1.89. The van der Waals surface area contributed by atoms with Gasteiger partial charge >= 0.3 is 0 Å². The van der Waals surface area contributed by atoms with Crippen molar-refractivity contribution in [1.29, 1.82) is 0 Å². The monoisotopic (exact) mass is 255 g/mol. The van der Waals surface area contributed by atoms with E-state index < -0.39 is 0 Å². The van der Waals surface area contributed by atoms with Crippen molar-refractivity contribution in [3.63, 3.8) is 0 Å². The summed E-state index contributed by atoms with van der Waals surface area (Å²) < 4.78 is 0. The number of hydrogen-bond acceptors (Lipinski definition) is 5. The van der Waals surface area contributed by atoms with Gasteiger partial charge in [-0.2, -0.15) is 0 Å². The zero-order chi connectivity index (χ0) is 13.1. The van der Waals surface area contributed by atoms with Crippen LogP contribution in [0.1, 0.15) is 18.0 Å². The van der Waals surface area contributed by atoms with E-state index in [1.807, 2.05) is 30.5 Å². The fourth-order valence-corrected chi connectivity index (χ4v) is 2.39. The summed E-state index contributed by atoms with van der Waals surface area (Å²) in [6, 6.07) is 7.73. The first-order valence-corrected chi connectivity index (χ1v) is 6.51. The molecule has 0 spiro atoms. The van der Waals surface area contributed by atoms with E-state index in [0.29, 0.717) is 11.9 Å². The molecule has 2 aromatic heterocycles. The van der Waals surface area contributed by atoms with Crippen molar-refractivity contribution < 1.29 is 0 Å². The van der Waals surface area contributed by atoms with Gasteiger partial charge in [-0.1, -0.05) is 6.07 Å². The fourth-order valence-electron chi connectivity index (χ4n) is 2.39. The molecule has 1 aliphatic rings. The Balaban J connectivity index is 1.76. The lowest BCUT2D eigenvalue weighted by Crippen LogP contribution is -2.14. The molecule has 3 heterocycles. The van der Waals surface area contributed by atoms with Crippen LogP contribution in [0.3, 0.4) is 0 Å². The Kier molecular flexibility index (Phi) is 3.37. The highest BCUT2D eigenvalue weighted by molar-refractivity contribution is 5.46. The van der Waals surface area contributed by atoms with Crippen LogP contribution in [0.15, 0.2) is 36.7 Å². The maximum atomic E-state index is 4.60. The summed E-state index contributed by atoms with van der Waals surface area (Å²) in [6.07, 6.45) is 4.72. The third-order valence-electron chi connectivity index (χ3n) is 3.39. The molecule has 0 aliphatic carbocycles. The van der Waals surface area contributed by atoms with Crippen molar-refractivity contribution in [2.75, 3.05) is 25.5 Å². The molecule has 3 rings (SSSR count). The highest BCUT2D eigenvalue weighted by Gasteiger charge is 2.22. The van der Waals surface area contributed by atoms with Crippen LogP contribution in [0.2, 0.25) is 0 Å². The molecule has 0 aromatic carbocycles. The average Bonchev–Trinajstić information content (AvgIpc) is 2.87. The normalized spacial score (nSPS) is 19.5. The van der Waals surface area contributed by atoms with E-state index >= 15 is 0 Å². The molecular formula is C14H17N5. The molecule has 1 N–H and O–H groups in total. The second kappa shape index (κ2) is 5.32. The van der Waals surface area contributed by atoms with E-state index in [1.165, 1.54) is 0 Å².